The Hall–Kier alpha value is -3.38. The topological polar surface area (TPSA) is 44.8 Å². The summed E-state index contributed by atoms with van der Waals surface area (Å²) < 4.78 is 20.6. The van der Waals surface area contributed by atoms with Crippen LogP contribution in [0.1, 0.15) is 16.8 Å². The third-order valence-electron chi connectivity index (χ3n) is 5.64. The number of nitrogens with one attached hydrogen (secondary N) is 1. The van der Waals surface area contributed by atoms with Crippen LogP contribution in [0.2, 0.25) is 0 Å². The van der Waals surface area contributed by atoms with E-state index in [2.05, 4.69) is 5.32 Å². The highest BCUT2D eigenvalue weighted by Crippen LogP contribution is 2.28. The van der Waals surface area contributed by atoms with Gasteiger partial charge in [0.1, 0.15) is 17.3 Å². The molecule has 1 aliphatic rings. The molecule has 1 unspecified atom stereocenters. The van der Waals surface area contributed by atoms with Crippen molar-refractivity contribution < 1.29 is 13.9 Å². The SMILES string of the molecule is CNC1CCN(c2ccc(N(C)C(=O)c3ccc(Oc4ccccc4)cc3)cc2F)C1. The molecule has 0 bridgehead atoms. The zero-order chi connectivity index (χ0) is 21.8. The highest BCUT2D eigenvalue weighted by atomic mass is 19.1. The van der Waals surface area contributed by atoms with E-state index in [0.29, 0.717) is 28.7 Å². The van der Waals surface area contributed by atoms with E-state index >= 15 is 0 Å². The summed E-state index contributed by atoms with van der Waals surface area (Å²) in [6.45, 7) is 1.59. The Morgan fingerprint density at radius 3 is 2.42 bits per heavy atom. The maximum absolute atomic E-state index is 14.8. The molecule has 1 atom stereocenters. The fraction of sp³-hybridized carbons (Fsp3) is 0.240. The fourth-order valence-electron chi connectivity index (χ4n) is 3.78. The average molecular weight is 420 g/mol. The molecule has 0 aromatic heterocycles. The number of hydrogen-bond donors (Lipinski definition) is 1. The zero-order valence-corrected chi connectivity index (χ0v) is 17.7. The van der Waals surface area contributed by atoms with Crippen LogP contribution >= 0.6 is 0 Å². The van der Waals surface area contributed by atoms with Crippen molar-refractivity contribution in [3.8, 4) is 11.5 Å². The van der Waals surface area contributed by atoms with E-state index in [1.54, 1.807) is 43.4 Å². The van der Waals surface area contributed by atoms with Gasteiger partial charge in [0, 0.05) is 37.4 Å². The highest BCUT2D eigenvalue weighted by molar-refractivity contribution is 6.05. The molecule has 5 nitrogen and oxygen atoms in total. The number of halogens is 1. The lowest BCUT2D eigenvalue weighted by Gasteiger charge is -2.22. The summed E-state index contributed by atoms with van der Waals surface area (Å²) >= 11 is 0. The Bertz CT molecular complexity index is 1040. The number of ether oxygens (including phenoxy) is 1. The van der Waals surface area contributed by atoms with Gasteiger partial charge in [-0.1, -0.05) is 18.2 Å². The molecule has 3 aromatic carbocycles. The minimum absolute atomic E-state index is 0.213. The third-order valence-corrected chi connectivity index (χ3v) is 5.64. The first-order chi connectivity index (χ1) is 15.0. The van der Waals surface area contributed by atoms with Gasteiger partial charge in [0.15, 0.2) is 0 Å². The van der Waals surface area contributed by atoms with Crippen molar-refractivity contribution in [1.29, 1.82) is 0 Å². The molecule has 1 N–H and O–H groups in total. The minimum atomic E-state index is -0.319. The Morgan fingerprint density at radius 1 is 1.06 bits per heavy atom. The van der Waals surface area contributed by atoms with Gasteiger partial charge in [-0.3, -0.25) is 4.79 Å². The second-order valence-electron chi connectivity index (χ2n) is 7.66. The molecule has 6 heteroatoms. The summed E-state index contributed by atoms with van der Waals surface area (Å²) in [5.74, 6) is 0.843. The van der Waals surface area contributed by atoms with E-state index in [9.17, 15) is 9.18 Å². The smallest absolute Gasteiger partial charge is 0.258 e. The van der Waals surface area contributed by atoms with Gasteiger partial charge < -0.3 is 19.9 Å². The van der Waals surface area contributed by atoms with Crippen molar-refractivity contribution in [2.24, 2.45) is 0 Å². The lowest BCUT2D eigenvalue weighted by atomic mass is 10.1. The summed E-state index contributed by atoms with van der Waals surface area (Å²) in [6.07, 6.45) is 0.986. The largest absolute Gasteiger partial charge is 0.457 e. The van der Waals surface area contributed by atoms with Gasteiger partial charge in [-0.05, 0) is 68.1 Å². The molecule has 160 valence electrons. The molecule has 3 aromatic rings. The van der Waals surface area contributed by atoms with Crippen LogP contribution < -0.4 is 19.9 Å². The number of benzene rings is 3. The van der Waals surface area contributed by atoms with Crippen molar-refractivity contribution >= 4 is 17.3 Å². The van der Waals surface area contributed by atoms with Gasteiger partial charge in [-0.15, -0.1) is 0 Å². The van der Waals surface area contributed by atoms with Gasteiger partial charge in [-0.25, -0.2) is 4.39 Å². The van der Waals surface area contributed by atoms with Gasteiger partial charge in [-0.2, -0.15) is 0 Å². The number of likely N-dealkylation sites (N-methyl/N-ethyl adjacent to an activating group) is 1. The lowest BCUT2D eigenvalue weighted by Crippen LogP contribution is -2.30. The van der Waals surface area contributed by atoms with Crippen LogP contribution in [0.15, 0.2) is 72.8 Å². The number of carbonyl (C=O) groups is 1. The molecular formula is C25H26FN3O2. The van der Waals surface area contributed by atoms with Crippen molar-refractivity contribution in [3.63, 3.8) is 0 Å². The first-order valence-corrected chi connectivity index (χ1v) is 10.4. The monoisotopic (exact) mass is 419 g/mol. The minimum Gasteiger partial charge on any atom is -0.457 e. The maximum atomic E-state index is 14.8. The fourth-order valence-corrected chi connectivity index (χ4v) is 3.78. The molecule has 1 fully saturated rings. The first-order valence-electron chi connectivity index (χ1n) is 10.4. The van der Waals surface area contributed by atoms with Crippen molar-refractivity contribution in [2.75, 3.05) is 37.0 Å². The zero-order valence-electron chi connectivity index (χ0n) is 17.7. The maximum Gasteiger partial charge on any atom is 0.258 e. The Labute approximate surface area is 182 Å². The number of nitrogens with zero attached hydrogens (tertiary/aromatic N) is 2. The Morgan fingerprint density at radius 2 is 1.77 bits per heavy atom. The van der Waals surface area contributed by atoms with Crippen LogP contribution in [0.4, 0.5) is 15.8 Å². The van der Waals surface area contributed by atoms with Crippen LogP contribution in [-0.2, 0) is 0 Å². The standard InChI is InChI=1S/C25H26FN3O2/c1-27-19-14-15-29(17-19)24-13-10-20(16-23(24)26)28(2)25(30)18-8-11-22(12-9-18)31-21-6-4-3-5-7-21/h3-13,16,19,27H,14-15,17H2,1-2H3. The number of hydrogen-bond acceptors (Lipinski definition) is 4. The molecule has 0 radical (unpaired) electrons. The number of carbonyl (C=O) groups excluding carboxylic acids is 1. The molecule has 0 spiro atoms. The van der Waals surface area contributed by atoms with E-state index < -0.39 is 0 Å². The van der Waals surface area contributed by atoms with Crippen LogP contribution in [0.3, 0.4) is 0 Å². The quantitative estimate of drug-likeness (QED) is 0.630. The van der Waals surface area contributed by atoms with Crippen LogP contribution in [0, 0.1) is 5.82 Å². The molecule has 1 amide bonds. The van der Waals surface area contributed by atoms with Gasteiger partial charge >= 0.3 is 0 Å². The summed E-state index contributed by atoms with van der Waals surface area (Å²) in [5.41, 5.74) is 1.59. The van der Waals surface area contributed by atoms with Crippen LogP contribution in [0.5, 0.6) is 11.5 Å². The number of rotatable bonds is 6. The molecule has 0 aliphatic carbocycles. The van der Waals surface area contributed by atoms with Gasteiger partial charge in [0.2, 0.25) is 0 Å². The number of anilines is 2. The first kappa shape index (κ1) is 20.9. The second kappa shape index (κ2) is 9.18. The Kier molecular flexibility index (Phi) is 6.18. The second-order valence-corrected chi connectivity index (χ2v) is 7.66. The molecule has 1 aliphatic heterocycles. The molecule has 0 saturated carbocycles. The van der Waals surface area contributed by atoms with E-state index in [-0.39, 0.29) is 11.7 Å². The molecular weight excluding hydrogens is 393 g/mol. The van der Waals surface area contributed by atoms with E-state index in [1.807, 2.05) is 42.3 Å². The Balaban J connectivity index is 1.44. The third kappa shape index (κ3) is 4.70. The van der Waals surface area contributed by atoms with Crippen molar-refractivity contribution in [2.45, 2.75) is 12.5 Å². The van der Waals surface area contributed by atoms with Gasteiger partial charge in [0.25, 0.3) is 5.91 Å². The predicted molar refractivity (Wildman–Crippen MR) is 122 cm³/mol. The van der Waals surface area contributed by atoms with E-state index in [4.69, 9.17) is 4.74 Å². The van der Waals surface area contributed by atoms with Gasteiger partial charge in [0.05, 0.1) is 5.69 Å². The number of para-hydroxylation sites is 1. The lowest BCUT2D eigenvalue weighted by molar-refractivity contribution is 0.0993. The molecule has 1 heterocycles. The predicted octanol–water partition coefficient (Wildman–Crippen LogP) is 4.69. The molecule has 4 rings (SSSR count). The summed E-state index contributed by atoms with van der Waals surface area (Å²) in [4.78, 5) is 16.4. The molecule has 31 heavy (non-hydrogen) atoms. The summed E-state index contributed by atoms with van der Waals surface area (Å²) in [6, 6.07) is 21.7. The van der Waals surface area contributed by atoms with Crippen LogP contribution in [-0.4, -0.2) is 39.1 Å². The summed E-state index contributed by atoms with van der Waals surface area (Å²) in [7, 11) is 3.58. The molecule has 1 saturated heterocycles. The van der Waals surface area contributed by atoms with E-state index in [1.165, 1.54) is 11.0 Å². The normalized spacial score (nSPS) is 15.7. The van der Waals surface area contributed by atoms with E-state index in [0.717, 1.165) is 25.3 Å². The number of amides is 1. The van der Waals surface area contributed by atoms with Crippen molar-refractivity contribution in [1.82, 2.24) is 5.32 Å². The summed E-state index contributed by atoms with van der Waals surface area (Å²) in [5, 5.41) is 3.24. The van der Waals surface area contributed by atoms with Crippen LogP contribution in [0.25, 0.3) is 0 Å². The highest BCUT2D eigenvalue weighted by Gasteiger charge is 2.24. The van der Waals surface area contributed by atoms with Crippen molar-refractivity contribution in [3.05, 3.63) is 84.2 Å². The average Bonchev–Trinajstić information content (AvgIpc) is 3.28.